The highest BCUT2D eigenvalue weighted by atomic mass is 35.5. The van der Waals surface area contributed by atoms with E-state index in [4.69, 9.17) is 16.1 Å². The fourth-order valence-corrected chi connectivity index (χ4v) is 7.11. The highest BCUT2D eigenvalue weighted by Gasteiger charge is 2.34. The first kappa shape index (κ1) is 23.9. The molecule has 0 bridgehead atoms. The Morgan fingerprint density at radius 1 is 1.11 bits per heavy atom. The first-order valence-corrected chi connectivity index (χ1v) is 13.9. The van der Waals surface area contributed by atoms with Crippen molar-refractivity contribution < 1.29 is 17.7 Å². The second kappa shape index (κ2) is 8.98. The minimum Gasteiger partial charge on any atom is -0.365 e. The van der Waals surface area contributed by atoms with Crippen LogP contribution in [0.3, 0.4) is 0 Å². The number of sulfone groups is 1. The number of hydrogen-bond acceptors (Lipinski definition) is 7. The van der Waals surface area contributed by atoms with E-state index in [0.717, 1.165) is 17.1 Å². The lowest BCUT2D eigenvalue weighted by molar-refractivity contribution is 0.0745. The average Bonchev–Trinajstić information content (AvgIpc) is 3.48. The lowest BCUT2D eigenvalue weighted by Gasteiger charge is -2.36. The van der Waals surface area contributed by atoms with E-state index in [0.29, 0.717) is 60.2 Å². The summed E-state index contributed by atoms with van der Waals surface area (Å²) in [5, 5.41) is 9.33. The first-order valence-electron chi connectivity index (χ1n) is 11.7. The number of amides is 1. The quantitative estimate of drug-likeness (QED) is 0.522. The summed E-state index contributed by atoms with van der Waals surface area (Å²) in [6.45, 7) is 8.05. The number of rotatable bonds is 4. The Labute approximate surface area is 209 Å². The van der Waals surface area contributed by atoms with Crippen LogP contribution in [0.4, 0.5) is 5.69 Å². The molecule has 1 amide bonds. The van der Waals surface area contributed by atoms with Gasteiger partial charge in [0.15, 0.2) is 9.84 Å². The molecule has 1 aromatic carbocycles. The van der Waals surface area contributed by atoms with Crippen molar-refractivity contribution in [1.29, 1.82) is 0 Å². The largest absolute Gasteiger partial charge is 0.365 e. The number of aromatic nitrogens is 3. The molecule has 0 saturated carbocycles. The van der Waals surface area contributed by atoms with Crippen LogP contribution in [0, 0.1) is 20.8 Å². The van der Waals surface area contributed by atoms with Gasteiger partial charge in [-0.25, -0.2) is 8.42 Å². The summed E-state index contributed by atoms with van der Waals surface area (Å²) in [4.78, 5) is 17.5. The van der Waals surface area contributed by atoms with Gasteiger partial charge in [0.05, 0.1) is 39.6 Å². The van der Waals surface area contributed by atoms with Gasteiger partial charge in [0.25, 0.3) is 5.91 Å². The Kier molecular flexibility index (Phi) is 6.13. The Morgan fingerprint density at radius 2 is 1.83 bits per heavy atom. The lowest BCUT2D eigenvalue weighted by atomic mass is 10.0. The van der Waals surface area contributed by atoms with Crippen molar-refractivity contribution in [3.05, 3.63) is 52.0 Å². The number of carbonyl (C=O) groups is 1. The second-order valence-corrected chi connectivity index (χ2v) is 11.9. The highest BCUT2D eigenvalue weighted by molar-refractivity contribution is 7.91. The van der Waals surface area contributed by atoms with Gasteiger partial charge in [0, 0.05) is 31.7 Å². The topological polar surface area (TPSA) is 102 Å². The molecule has 0 spiro atoms. The molecule has 0 radical (unpaired) electrons. The average molecular weight is 518 g/mol. The van der Waals surface area contributed by atoms with Gasteiger partial charge in [-0.05, 0) is 33.3 Å². The van der Waals surface area contributed by atoms with Crippen molar-refractivity contribution in [2.75, 3.05) is 42.6 Å². The molecule has 35 heavy (non-hydrogen) atoms. The van der Waals surface area contributed by atoms with Crippen LogP contribution in [0.2, 0.25) is 5.02 Å². The number of piperazine rings is 1. The molecule has 1 unspecified atom stereocenters. The number of halogens is 1. The van der Waals surface area contributed by atoms with E-state index in [1.807, 2.05) is 41.6 Å². The van der Waals surface area contributed by atoms with Crippen molar-refractivity contribution in [3.8, 4) is 11.3 Å². The van der Waals surface area contributed by atoms with Crippen molar-refractivity contribution in [1.82, 2.24) is 19.8 Å². The summed E-state index contributed by atoms with van der Waals surface area (Å²) < 4.78 is 31.2. The zero-order chi connectivity index (χ0) is 24.9. The van der Waals surface area contributed by atoms with Gasteiger partial charge in [-0.2, -0.15) is 5.10 Å². The number of benzene rings is 1. The zero-order valence-corrected chi connectivity index (χ0v) is 21.6. The van der Waals surface area contributed by atoms with Gasteiger partial charge < -0.3 is 14.3 Å². The van der Waals surface area contributed by atoms with E-state index in [9.17, 15) is 13.2 Å². The Bertz CT molecular complexity index is 1390. The van der Waals surface area contributed by atoms with Gasteiger partial charge in [0.1, 0.15) is 17.0 Å². The minimum absolute atomic E-state index is 0.116. The normalized spacial score (nSPS) is 19.9. The molecule has 11 heteroatoms. The number of carbonyl (C=O) groups excluding carboxylic acids is 1. The molecule has 0 N–H and O–H groups in total. The molecule has 2 fully saturated rings. The summed E-state index contributed by atoms with van der Waals surface area (Å²) in [6.07, 6.45) is 0.595. The van der Waals surface area contributed by atoms with Gasteiger partial charge >= 0.3 is 0 Å². The molecule has 0 aliphatic carbocycles. The van der Waals surface area contributed by atoms with Crippen LogP contribution in [-0.2, 0) is 9.84 Å². The van der Waals surface area contributed by atoms with E-state index in [-0.39, 0.29) is 23.5 Å². The maximum atomic E-state index is 13.5. The van der Waals surface area contributed by atoms with E-state index in [2.05, 4.69) is 15.2 Å². The summed E-state index contributed by atoms with van der Waals surface area (Å²) in [7, 11) is -3.00. The molecular formula is C24H28ClN5O4S. The fraction of sp³-hybridized carbons (Fsp3) is 0.458. The maximum Gasteiger partial charge on any atom is 0.259 e. The fourth-order valence-electron chi connectivity index (χ4n) is 5.19. The summed E-state index contributed by atoms with van der Waals surface area (Å²) in [5.74, 6) is 0.693. The van der Waals surface area contributed by atoms with Crippen LogP contribution < -0.4 is 4.90 Å². The van der Waals surface area contributed by atoms with Crippen molar-refractivity contribution in [3.63, 3.8) is 0 Å². The predicted molar refractivity (Wildman–Crippen MR) is 134 cm³/mol. The molecule has 3 aromatic rings. The van der Waals surface area contributed by atoms with Crippen LogP contribution in [0.1, 0.15) is 40.0 Å². The van der Waals surface area contributed by atoms with Crippen molar-refractivity contribution >= 4 is 33.0 Å². The SMILES string of the molecule is Cc1nn(C2CCS(=O)(=O)C2)c(C)c1N1CCN(C(=O)c2c(-c3ccccc3Cl)noc2C)CC1. The zero-order valence-electron chi connectivity index (χ0n) is 20.0. The van der Waals surface area contributed by atoms with E-state index >= 15 is 0 Å². The monoisotopic (exact) mass is 517 g/mol. The Hall–Kier alpha value is -2.85. The third-order valence-electron chi connectivity index (χ3n) is 6.93. The predicted octanol–water partition coefficient (Wildman–Crippen LogP) is 3.44. The molecule has 2 aromatic heterocycles. The summed E-state index contributed by atoms with van der Waals surface area (Å²) in [5.41, 5.74) is 4.44. The number of anilines is 1. The number of aryl methyl sites for hydroxylation is 2. The van der Waals surface area contributed by atoms with Crippen LogP contribution in [0.25, 0.3) is 11.3 Å². The van der Waals surface area contributed by atoms with E-state index < -0.39 is 9.84 Å². The summed E-state index contributed by atoms with van der Waals surface area (Å²) in [6, 6.07) is 7.16. The van der Waals surface area contributed by atoms with Gasteiger partial charge in [0.2, 0.25) is 0 Å². The van der Waals surface area contributed by atoms with Crippen LogP contribution in [-0.4, -0.2) is 71.8 Å². The highest BCUT2D eigenvalue weighted by Crippen LogP contribution is 2.34. The Balaban J connectivity index is 1.33. The molecule has 5 rings (SSSR count). The van der Waals surface area contributed by atoms with E-state index in [1.165, 1.54) is 0 Å². The molecule has 9 nitrogen and oxygen atoms in total. The number of hydrogen-bond donors (Lipinski definition) is 0. The molecule has 2 aliphatic rings. The van der Waals surface area contributed by atoms with Crippen LogP contribution in [0.15, 0.2) is 28.8 Å². The van der Waals surface area contributed by atoms with Gasteiger partial charge in [-0.3, -0.25) is 9.48 Å². The van der Waals surface area contributed by atoms with Gasteiger partial charge in [-0.15, -0.1) is 0 Å². The minimum atomic E-state index is -3.00. The second-order valence-electron chi connectivity index (χ2n) is 9.24. The molecule has 2 saturated heterocycles. The van der Waals surface area contributed by atoms with Gasteiger partial charge in [-0.1, -0.05) is 35.0 Å². The van der Waals surface area contributed by atoms with E-state index in [1.54, 1.807) is 13.0 Å². The Morgan fingerprint density at radius 3 is 2.49 bits per heavy atom. The van der Waals surface area contributed by atoms with Crippen molar-refractivity contribution in [2.45, 2.75) is 33.2 Å². The lowest BCUT2D eigenvalue weighted by Crippen LogP contribution is -2.49. The smallest absolute Gasteiger partial charge is 0.259 e. The summed E-state index contributed by atoms with van der Waals surface area (Å²) >= 11 is 6.36. The molecule has 1 atom stereocenters. The third kappa shape index (κ3) is 4.33. The molecule has 186 valence electrons. The van der Waals surface area contributed by atoms with Crippen LogP contribution >= 0.6 is 11.6 Å². The van der Waals surface area contributed by atoms with Crippen LogP contribution in [0.5, 0.6) is 0 Å². The molecular weight excluding hydrogens is 490 g/mol. The maximum absolute atomic E-state index is 13.5. The molecule has 4 heterocycles. The first-order chi connectivity index (χ1) is 16.7. The number of nitrogens with zero attached hydrogens (tertiary/aromatic N) is 5. The third-order valence-corrected chi connectivity index (χ3v) is 9.01. The standard InChI is InChI=1S/C24H28ClN5O4S/c1-15-23(16(2)30(26-15)18-8-13-35(32,33)14-18)28-9-11-29(12-10-28)24(31)21-17(3)34-27-22(21)19-6-4-5-7-20(19)25/h4-7,18H,8-14H2,1-3H3. The van der Waals surface area contributed by atoms with Crippen molar-refractivity contribution in [2.24, 2.45) is 0 Å². The molecule has 2 aliphatic heterocycles.